The Morgan fingerprint density at radius 2 is 1.87 bits per heavy atom. The molecule has 1 aliphatic carbocycles. The summed E-state index contributed by atoms with van der Waals surface area (Å²) in [6, 6.07) is 8.50. The lowest BCUT2D eigenvalue weighted by atomic mass is 10.1. The van der Waals surface area contributed by atoms with Crippen LogP contribution in [0, 0.1) is 0 Å². The fourth-order valence-electron chi connectivity index (χ4n) is 2.69. The molecule has 0 spiro atoms. The monoisotopic (exact) mass is 353 g/mol. The molecule has 0 unspecified atom stereocenters. The first kappa shape index (κ1) is 16.5. The molecule has 2 nitrogen and oxygen atoms in total. The standard InChI is InChI=1S/C17H17F2NOS2/c18-17(19)22-13-8-6-12(7-9-13)20-16(21)15-10-11-4-2-1-3-5-14(11)23-15/h6-10,17H,1-5H2,(H,20,21). The van der Waals surface area contributed by atoms with Crippen molar-refractivity contribution in [2.24, 2.45) is 0 Å². The number of thiophene rings is 1. The van der Waals surface area contributed by atoms with Gasteiger partial charge < -0.3 is 5.32 Å². The molecular weight excluding hydrogens is 336 g/mol. The van der Waals surface area contributed by atoms with Gasteiger partial charge in [-0.3, -0.25) is 4.79 Å². The minimum Gasteiger partial charge on any atom is -0.321 e. The summed E-state index contributed by atoms with van der Waals surface area (Å²) < 4.78 is 24.6. The number of carbonyl (C=O) groups excluding carboxylic acids is 1. The number of benzene rings is 1. The van der Waals surface area contributed by atoms with Gasteiger partial charge in [-0.25, -0.2) is 0 Å². The van der Waals surface area contributed by atoms with Crippen LogP contribution < -0.4 is 5.32 Å². The van der Waals surface area contributed by atoms with E-state index in [-0.39, 0.29) is 5.91 Å². The lowest BCUT2D eigenvalue weighted by Crippen LogP contribution is -2.10. The van der Waals surface area contributed by atoms with Gasteiger partial charge in [0.15, 0.2) is 0 Å². The topological polar surface area (TPSA) is 29.1 Å². The number of rotatable bonds is 4. The molecule has 1 amide bonds. The van der Waals surface area contributed by atoms with E-state index in [4.69, 9.17) is 0 Å². The number of thioether (sulfide) groups is 1. The average Bonchev–Trinajstić information content (AvgIpc) is 2.80. The number of fused-ring (bicyclic) bond motifs is 1. The molecule has 0 atom stereocenters. The van der Waals surface area contributed by atoms with Crippen LogP contribution in [0.2, 0.25) is 0 Å². The van der Waals surface area contributed by atoms with Crippen LogP contribution in [0.5, 0.6) is 0 Å². The predicted octanol–water partition coefficient (Wildman–Crippen LogP) is 5.58. The number of halogens is 2. The average molecular weight is 353 g/mol. The number of anilines is 1. The fourth-order valence-corrected chi connectivity index (χ4v) is 4.34. The highest BCUT2D eigenvalue weighted by molar-refractivity contribution is 7.99. The summed E-state index contributed by atoms with van der Waals surface area (Å²) in [5.74, 6) is -2.56. The molecule has 1 aromatic heterocycles. The predicted molar refractivity (Wildman–Crippen MR) is 91.8 cm³/mol. The van der Waals surface area contributed by atoms with Gasteiger partial charge in [-0.2, -0.15) is 8.78 Å². The van der Waals surface area contributed by atoms with Crippen LogP contribution >= 0.6 is 23.1 Å². The molecule has 3 rings (SSSR count). The normalized spacial score (nSPS) is 14.4. The van der Waals surface area contributed by atoms with Gasteiger partial charge in [0, 0.05) is 15.5 Å². The first-order valence-electron chi connectivity index (χ1n) is 7.59. The van der Waals surface area contributed by atoms with Crippen LogP contribution in [0.3, 0.4) is 0 Å². The van der Waals surface area contributed by atoms with Crippen molar-refractivity contribution in [1.29, 1.82) is 0 Å². The van der Waals surface area contributed by atoms with Gasteiger partial charge in [-0.15, -0.1) is 11.3 Å². The summed E-state index contributed by atoms with van der Waals surface area (Å²) in [5, 5.41) is 2.84. The van der Waals surface area contributed by atoms with Gasteiger partial charge in [0.2, 0.25) is 0 Å². The van der Waals surface area contributed by atoms with E-state index < -0.39 is 5.76 Å². The Morgan fingerprint density at radius 1 is 1.13 bits per heavy atom. The molecule has 6 heteroatoms. The molecule has 2 aromatic rings. The number of carbonyl (C=O) groups is 1. The van der Waals surface area contributed by atoms with E-state index >= 15 is 0 Å². The second-order valence-corrected chi connectivity index (χ2v) is 7.68. The van der Waals surface area contributed by atoms with E-state index in [0.29, 0.717) is 22.3 Å². The van der Waals surface area contributed by atoms with E-state index in [1.165, 1.54) is 29.7 Å². The zero-order valence-corrected chi connectivity index (χ0v) is 14.1. The maximum absolute atomic E-state index is 12.4. The van der Waals surface area contributed by atoms with E-state index in [0.717, 1.165) is 17.7 Å². The molecule has 1 aromatic carbocycles. The van der Waals surface area contributed by atoms with Crippen LogP contribution in [0.15, 0.2) is 35.2 Å². The number of nitrogens with one attached hydrogen (secondary N) is 1. The van der Waals surface area contributed by atoms with Crippen LogP contribution in [-0.4, -0.2) is 11.7 Å². The zero-order chi connectivity index (χ0) is 16.2. The van der Waals surface area contributed by atoms with E-state index in [9.17, 15) is 13.6 Å². The molecule has 23 heavy (non-hydrogen) atoms. The quantitative estimate of drug-likeness (QED) is 0.574. The summed E-state index contributed by atoms with van der Waals surface area (Å²) >= 11 is 2.07. The Bertz CT molecular complexity index is 659. The minimum atomic E-state index is -2.43. The van der Waals surface area contributed by atoms with E-state index in [1.807, 2.05) is 6.07 Å². The van der Waals surface area contributed by atoms with Crippen molar-refractivity contribution in [3.63, 3.8) is 0 Å². The van der Waals surface area contributed by atoms with Crippen molar-refractivity contribution < 1.29 is 13.6 Å². The lowest BCUT2D eigenvalue weighted by molar-refractivity contribution is 0.103. The highest BCUT2D eigenvalue weighted by Crippen LogP contribution is 2.30. The summed E-state index contributed by atoms with van der Waals surface area (Å²) in [5.41, 5.74) is 1.93. The van der Waals surface area contributed by atoms with Gasteiger partial charge in [-0.1, -0.05) is 18.2 Å². The number of alkyl halides is 2. The van der Waals surface area contributed by atoms with Crippen molar-refractivity contribution in [3.8, 4) is 0 Å². The van der Waals surface area contributed by atoms with Gasteiger partial charge in [-0.05, 0) is 61.6 Å². The molecule has 1 aliphatic rings. The van der Waals surface area contributed by atoms with Crippen LogP contribution in [0.4, 0.5) is 14.5 Å². The molecule has 0 bridgehead atoms. The molecule has 0 aliphatic heterocycles. The molecule has 1 N–H and O–H groups in total. The van der Waals surface area contributed by atoms with Gasteiger partial charge in [0.1, 0.15) is 0 Å². The Morgan fingerprint density at radius 3 is 2.61 bits per heavy atom. The lowest BCUT2D eigenvalue weighted by Gasteiger charge is -2.05. The zero-order valence-electron chi connectivity index (χ0n) is 12.5. The SMILES string of the molecule is O=C(Nc1ccc(SC(F)F)cc1)c1cc2c(s1)CCCCC2. The Hall–Kier alpha value is -1.40. The number of hydrogen-bond acceptors (Lipinski definition) is 3. The Balaban J connectivity index is 1.67. The smallest absolute Gasteiger partial charge is 0.288 e. The summed E-state index contributed by atoms with van der Waals surface area (Å²) in [6.07, 6.45) is 5.75. The Labute approximate surface area is 142 Å². The van der Waals surface area contributed by atoms with E-state index in [1.54, 1.807) is 35.6 Å². The summed E-state index contributed by atoms with van der Waals surface area (Å²) in [6.45, 7) is 0. The molecular formula is C17H17F2NOS2. The van der Waals surface area contributed by atoms with Crippen molar-refractivity contribution >= 4 is 34.7 Å². The minimum absolute atomic E-state index is 0.127. The van der Waals surface area contributed by atoms with Gasteiger partial charge >= 0.3 is 0 Å². The van der Waals surface area contributed by atoms with Crippen molar-refractivity contribution in [1.82, 2.24) is 0 Å². The Kier molecular flexibility index (Phi) is 5.33. The third-order valence-corrected chi connectivity index (χ3v) is 5.77. The number of amides is 1. The maximum Gasteiger partial charge on any atom is 0.288 e. The highest BCUT2D eigenvalue weighted by Gasteiger charge is 2.16. The second kappa shape index (κ2) is 7.45. The van der Waals surface area contributed by atoms with Gasteiger partial charge in [0.25, 0.3) is 11.7 Å². The third kappa shape index (κ3) is 4.32. The number of hydrogen-bond donors (Lipinski definition) is 1. The molecule has 122 valence electrons. The number of aryl methyl sites for hydroxylation is 2. The molecule has 0 saturated heterocycles. The fraction of sp³-hybridized carbons (Fsp3) is 0.353. The highest BCUT2D eigenvalue weighted by atomic mass is 32.2. The van der Waals surface area contributed by atoms with E-state index in [2.05, 4.69) is 5.32 Å². The maximum atomic E-state index is 12.4. The van der Waals surface area contributed by atoms with Crippen molar-refractivity contribution in [2.45, 2.75) is 42.8 Å². The summed E-state index contributed by atoms with van der Waals surface area (Å²) in [7, 11) is 0. The molecule has 0 radical (unpaired) electrons. The molecule has 0 fully saturated rings. The van der Waals surface area contributed by atoms with Crippen LogP contribution in [0.1, 0.15) is 39.4 Å². The third-order valence-electron chi connectivity index (χ3n) is 3.81. The van der Waals surface area contributed by atoms with Crippen molar-refractivity contribution in [3.05, 3.63) is 45.6 Å². The van der Waals surface area contributed by atoms with Crippen LogP contribution in [0.25, 0.3) is 0 Å². The second-order valence-electron chi connectivity index (χ2n) is 5.48. The van der Waals surface area contributed by atoms with Crippen LogP contribution in [-0.2, 0) is 12.8 Å². The van der Waals surface area contributed by atoms with Crippen molar-refractivity contribution in [2.75, 3.05) is 5.32 Å². The largest absolute Gasteiger partial charge is 0.321 e. The van der Waals surface area contributed by atoms with Gasteiger partial charge in [0.05, 0.1) is 4.88 Å². The first-order chi connectivity index (χ1) is 11.1. The molecule has 0 saturated carbocycles. The molecule has 1 heterocycles. The summed E-state index contributed by atoms with van der Waals surface area (Å²) in [4.78, 5) is 14.9. The first-order valence-corrected chi connectivity index (χ1v) is 9.29.